The Hall–Kier alpha value is -0.340. The van der Waals surface area contributed by atoms with Crippen molar-refractivity contribution in [2.75, 3.05) is 32.8 Å². The van der Waals surface area contributed by atoms with Gasteiger partial charge in [-0.25, -0.2) is 0 Å². The van der Waals surface area contributed by atoms with E-state index in [9.17, 15) is 0 Å². The number of ether oxygens (including phenoxy) is 1. The number of hydrogen-bond acceptors (Lipinski definition) is 2. The lowest BCUT2D eigenvalue weighted by Gasteiger charge is -2.25. The minimum atomic E-state index is 0.907. The molecule has 1 aliphatic rings. The van der Waals surface area contributed by atoms with Crippen molar-refractivity contribution in [3.05, 3.63) is 12.2 Å². The number of allylic oxidation sites excluding steroid dienone is 1. The van der Waals surface area contributed by atoms with Gasteiger partial charge < -0.3 is 4.74 Å². The molecule has 15 heavy (non-hydrogen) atoms. The average Bonchev–Trinajstić information content (AvgIpc) is 2.29. The second kappa shape index (κ2) is 8.93. The molecule has 0 aliphatic carbocycles. The lowest BCUT2D eigenvalue weighted by molar-refractivity contribution is 0.0434. The average molecular weight is 211 g/mol. The molecule has 0 bridgehead atoms. The molecule has 0 N–H and O–H groups in total. The summed E-state index contributed by atoms with van der Waals surface area (Å²) < 4.78 is 5.31. The third-order valence-corrected chi connectivity index (χ3v) is 2.86. The van der Waals surface area contributed by atoms with E-state index < -0.39 is 0 Å². The first-order chi connectivity index (χ1) is 7.43. The molecule has 0 aromatic carbocycles. The molecule has 1 rings (SSSR count). The van der Waals surface area contributed by atoms with Crippen molar-refractivity contribution in [3.63, 3.8) is 0 Å². The van der Waals surface area contributed by atoms with Gasteiger partial charge in [0.1, 0.15) is 0 Å². The quantitative estimate of drug-likeness (QED) is 0.474. The van der Waals surface area contributed by atoms with Crippen LogP contribution in [0.4, 0.5) is 0 Å². The van der Waals surface area contributed by atoms with Crippen LogP contribution in [0.1, 0.15) is 39.0 Å². The van der Waals surface area contributed by atoms with Crippen LogP contribution >= 0.6 is 0 Å². The molecule has 0 amide bonds. The first-order valence-electron chi connectivity index (χ1n) is 6.38. The van der Waals surface area contributed by atoms with Crippen LogP contribution in [0.5, 0.6) is 0 Å². The van der Waals surface area contributed by atoms with E-state index in [0.717, 1.165) is 32.8 Å². The van der Waals surface area contributed by atoms with Gasteiger partial charge in [-0.3, -0.25) is 4.90 Å². The van der Waals surface area contributed by atoms with Crippen molar-refractivity contribution < 1.29 is 4.74 Å². The summed E-state index contributed by atoms with van der Waals surface area (Å²) in [7, 11) is 0. The summed E-state index contributed by atoms with van der Waals surface area (Å²) in [5, 5.41) is 0. The van der Waals surface area contributed by atoms with Crippen LogP contribution in [0.25, 0.3) is 0 Å². The molecule has 2 heteroatoms. The topological polar surface area (TPSA) is 12.5 Å². The number of hydrogen-bond donors (Lipinski definition) is 0. The van der Waals surface area contributed by atoms with Gasteiger partial charge in [0.2, 0.25) is 0 Å². The molecule has 0 unspecified atom stereocenters. The zero-order valence-electron chi connectivity index (χ0n) is 10.1. The molecule has 1 heterocycles. The smallest absolute Gasteiger partial charge is 0.0594 e. The molecule has 0 atom stereocenters. The molecule has 1 fully saturated rings. The number of morpholine rings is 1. The van der Waals surface area contributed by atoms with E-state index in [-0.39, 0.29) is 0 Å². The number of nitrogens with zero attached hydrogens (tertiary/aromatic N) is 1. The third kappa shape index (κ3) is 6.69. The van der Waals surface area contributed by atoms with E-state index in [1.807, 2.05) is 0 Å². The summed E-state index contributed by atoms with van der Waals surface area (Å²) in [5.41, 5.74) is 0. The number of unbranched alkanes of at least 4 members (excludes halogenated alkanes) is 4. The monoisotopic (exact) mass is 211 g/mol. The molecule has 2 nitrogen and oxygen atoms in total. The molecule has 88 valence electrons. The molecule has 0 saturated carbocycles. The summed E-state index contributed by atoms with van der Waals surface area (Å²) in [6.45, 7) is 7.38. The molecule has 0 radical (unpaired) electrons. The summed E-state index contributed by atoms with van der Waals surface area (Å²) in [6.07, 6.45) is 11.4. The second-order valence-electron chi connectivity index (χ2n) is 4.23. The van der Waals surface area contributed by atoms with Crippen LogP contribution in [0.2, 0.25) is 0 Å². The fourth-order valence-electron chi connectivity index (χ4n) is 1.81. The number of rotatable bonds is 7. The summed E-state index contributed by atoms with van der Waals surface area (Å²) in [5.74, 6) is 0. The highest BCUT2D eigenvalue weighted by atomic mass is 16.5. The summed E-state index contributed by atoms with van der Waals surface area (Å²) in [6, 6.07) is 0. The van der Waals surface area contributed by atoms with E-state index in [4.69, 9.17) is 4.74 Å². The predicted octanol–water partition coefficient (Wildman–Crippen LogP) is 2.85. The van der Waals surface area contributed by atoms with E-state index in [0.29, 0.717) is 0 Å². The highest BCUT2D eigenvalue weighted by molar-refractivity contribution is 4.85. The highest BCUT2D eigenvalue weighted by Crippen LogP contribution is 2.03. The standard InChI is InChI=1S/C13H25NO/c1-2-3-4-5-6-7-8-9-14-10-12-15-13-11-14/h7-8H,2-6,9-13H2,1H3/b8-7-. The largest absolute Gasteiger partial charge is 0.379 e. The summed E-state index contributed by atoms with van der Waals surface area (Å²) >= 11 is 0. The molecule has 0 aromatic heterocycles. The van der Waals surface area contributed by atoms with Gasteiger partial charge >= 0.3 is 0 Å². The second-order valence-corrected chi connectivity index (χ2v) is 4.23. The molecular weight excluding hydrogens is 186 g/mol. The van der Waals surface area contributed by atoms with Crippen molar-refractivity contribution >= 4 is 0 Å². The first-order valence-corrected chi connectivity index (χ1v) is 6.38. The fourth-order valence-corrected chi connectivity index (χ4v) is 1.81. The Morgan fingerprint density at radius 3 is 2.60 bits per heavy atom. The zero-order valence-corrected chi connectivity index (χ0v) is 10.1. The Labute approximate surface area is 94.3 Å². The minimum Gasteiger partial charge on any atom is -0.379 e. The van der Waals surface area contributed by atoms with Crippen LogP contribution < -0.4 is 0 Å². The van der Waals surface area contributed by atoms with Gasteiger partial charge in [-0.05, 0) is 12.8 Å². The zero-order chi connectivity index (χ0) is 10.8. The molecule has 1 saturated heterocycles. The Morgan fingerprint density at radius 2 is 1.87 bits per heavy atom. The highest BCUT2D eigenvalue weighted by Gasteiger charge is 2.07. The van der Waals surface area contributed by atoms with Crippen LogP contribution in [0.15, 0.2) is 12.2 Å². The summed E-state index contributed by atoms with van der Waals surface area (Å²) in [4.78, 5) is 2.45. The van der Waals surface area contributed by atoms with Gasteiger partial charge in [-0.15, -0.1) is 0 Å². The van der Waals surface area contributed by atoms with Crippen molar-refractivity contribution in [1.29, 1.82) is 0 Å². The third-order valence-electron chi connectivity index (χ3n) is 2.86. The van der Waals surface area contributed by atoms with Crippen molar-refractivity contribution in [3.8, 4) is 0 Å². The van der Waals surface area contributed by atoms with Gasteiger partial charge in [-0.1, -0.05) is 38.3 Å². The van der Waals surface area contributed by atoms with Gasteiger partial charge in [0.05, 0.1) is 13.2 Å². The van der Waals surface area contributed by atoms with Gasteiger partial charge in [0.25, 0.3) is 0 Å². The van der Waals surface area contributed by atoms with Gasteiger partial charge in [-0.2, -0.15) is 0 Å². The Kier molecular flexibility index (Phi) is 7.58. The lowest BCUT2D eigenvalue weighted by Crippen LogP contribution is -2.36. The fraction of sp³-hybridized carbons (Fsp3) is 0.846. The van der Waals surface area contributed by atoms with Crippen LogP contribution in [0, 0.1) is 0 Å². The van der Waals surface area contributed by atoms with E-state index >= 15 is 0 Å². The van der Waals surface area contributed by atoms with Crippen molar-refractivity contribution in [1.82, 2.24) is 4.90 Å². The van der Waals surface area contributed by atoms with Crippen LogP contribution in [0.3, 0.4) is 0 Å². The minimum absolute atomic E-state index is 0.907. The predicted molar refractivity (Wildman–Crippen MR) is 65.2 cm³/mol. The van der Waals surface area contributed by atoms with Crippen molar-refractivity contribution in [2.45, 2.75) is 39.0 Å². The molecular formula is C13H25NO. The van der Waals surface area contributed by atoms with E-state index in [1.54, 1.807) is 0 Å². The normalized spacial score (nSPS) is 18.7. The van der Waals surface area contributed by atoms with Crippen molar-refractivity contribution in [2.24, 2.45) is 0 Å². The van der Waals surface area contributed by atoms with Crippen LogP contribution in [-0.4, -0.2) is 37.7 Å². The molecule has 0 aromatic rings. The first kappa shape index (κ1) is 12.7. The Bertz CT molecular complexity index is 162. The lowest BCUT2D eigenvalue weighted by atomic mass is 10.1. The molecule has 1 aliphatic heterocycles. The van der Waals surface area contributed by atoms with Crippen LogP contribution in [-0.2, 0) is 4.74 Å². The maximum Gasteiger partial charge on any atom is 0.0594 e. The van der Waals surface area contributed by atoms with Gasteiger partial charge in [0, 0.05) is 19.6 Å². The molecule has 0 spiro atoms. The Balaban J connectivity index is 1.91. The maximum atomic E-state index is 5.31. The maximum absolute atomic E-state index is 5.31. The van der Waals surface area contributed by atoms with E-state index in [1.165, 1.54) is 32.1 Å². The van der Waals surface area contributed by atoms with Gasteiger partial charge in [0.15, 0.2) is 0 Å². The van der Waals surface area contributed by atoms with E-state index in [2.05, 4.69) is 24.0 Å². The SMILES string of the molecule is CCCCCC/C=C\CN1CCOCC1. The Morgan fingerprint density at radius 1 is 1.07 bits per heavy atom.